The summed E-state index contributed by atoms with van der Waals surface area (Å²) >= 11 is 0. The van der Waals surface area contributed by atoms with Crippen LogP contribution in [0.15, 0.2) is 0 Å². The van der Waals surface area contributed by atoms with Crippen LogP contribution in [-0.2, 0) is 4.79 Å². The maximum Gasteiger partial charge on any atom is 0.239 e. The fourth-order valence-corrected chi connectivity index (χ4v) is 2.34. The summed E-state index contributed by atoms with van der Waals surface area (Å²) in [6.07, 6.45) is 1.77. The molecule has 100 valence electrons. The second-order valence-corrected chi connectivity index (χ2v) is 5.41. The van der Waals surface area contributed by atoms with E-state index < -0.39 is 0 Å². The Hall–Kier alpha value is -0.610. The van der Waals surface area contributed by atoms with Crippen LogP contribution in [0.4, 0.5) is 0 Å². The van der Waals surface area contributed by atoms with Crippen LogP contribution in [0.3, 0.4) is 0 Å². The van der Waals surface area contributed by atoms with Crippen molar-refractivity contribution < 1.29 is 4.79 Å². The van der Waals surface area contributed by atoms with Crippen LogP contribution in [0, 0.1) is 5.92 Å². The van der Waals surface area contributed by atoms with Crippen LogP contribution >= 0.6 is 0 Å². The zero-order valence-corrected chi connectivity index (χ0v) is 11.5. The minimum absolute atomic E-state index is 0.135. The molecule has 1 saturated heterocycles. The van der Waals surface area contributed by atoms with Gasteiger partial charge >= 0.3 is 0 Å². The number of nitrogens with two attached hydrogens (primary N) is 1. The molecule has 4 heteroatoms. The van der Waals surface area contributed by atoms with E-state index in [2.05, 4.69) is 25.7 Å². The lowest BCUT2D eigenvalue weighted by molar-refractivity contribution is -0.134. The molecule has 0 aromatic carbocycles. The van der Waals surface area contributed by atoms with Crippen molar-refractivity contribution in [1.29, 1.82) is 0 Å². The van der Waals surface area contributed by atoms with Crippen molar-refractivity contribution in [2.75, 3.05) is 32.7 Å². The Morgan fingerprint density at radius 2 is 1.82 bits per heavy atom. The molecule has 2 N–H and O–H groups in total. The molecule has 0 bridgehead atoms. The zero-order chi connectivity index (χ0) is 12.8. The van der Waals surface area contributed by atoms with Gasteiger partial charge in [-0.1, -0.05) is 27.2 Å². The third-order valence-corrected chi connectivity index (χ3v) is 3.22. The average Bonchev–Trinajstić information content (AvgIpc) is 2.28. The first-order chi connectivity index (χ1) is 8.04. The SMILES string of the molecule is CCC[C@H](N)C(=O)N1CCN(CC(C)C)CC1. The van der Waals surface area contributed by atoms with Crippen molar-refractivity contribution in [1.82, 2.24) is 9.80 Å². The van der Waals surface area contributed by atoms with Gasteiger partial charge in [0, 0.05) is 32.7 Å². The van der Waals surface area contributed by atoms with Crippen LogP contribution in [0.1, 0.15) is 33.6 Å². The second kappa shape index (κ2) is 6.97. The van der Waals surface area contributed by atoms with Gasteiger partial charge in [-0.25, -0.2) is 0 Å². The predicted octanol–water partition coefficient (Wildman–Crippen LogP) is 0.914. The number of piperazine rings is 1. The average molecular weight is 241 g/mol. The van der Waals surface area contributed by atoms with Gasteiger partial charge in [-0.15, -0.1) is 0 Å². The highest BCUT2D eigenvalue weighted by molar-refractivity contribution is 5.81. The van der Waals surface area contributed by atoms with E-state index in [9.17, 15) is 4.79 Å². The van der Waals surface area contributed by atoms with Crippen molar-refractivity contribution in [2.45, 2.75) is 39.7 Å². The van der Waals surface area contributed by atoms with Crippen LogP contribution in [-0.4, -0.2) is 54.5 Å². The first kappa shape index (κ1) is 14.5. The summed E-state index contributed by atoms with van der Waals surface area (Å²) in [6, 6.07) is -0.295. The summed E-state index contributed by atoms with van der Waals surface area (Å²) < 4.78 is 0. The molecule has 1 atom stereocenters. The molecule has 1 aliphatic rings. The van der Waals surface area contributed by atoms with E-state index in [-0.39, 0.29) is 11.9 Å². The highest BCUT2D eigenvalue weighted by Crippen LogP contribution is 2.07. The van der Waals surface area contributed by atoms with Gasteiger partial charge in [-0.3, -0.25) is 9.69 Å². The summed E-state index contributed by atoms with van der Waals surface area (Å²) in [7, 11) is 0. The number of rotatable bonds is 5. The van der Waals surface area contributed by atoms with Gasteiger partial charge < -0.3 is 10.6 Å². The molecule has 1 heterocycles. The number of hydrogen-bond acceptors (Lipinski definition) is 3. The number of nitrogens with zero attached hydrogens (tertiary/aromatic N) is 2. The number of amides is 1. The summed E-state index contributed by atoms with van der Waals surface area (Å²) in [5.74, 6) is 0.829. The maximum absolute atomic E-state index is 12.0. The number of hydrogen-bond donors (Lipinski definition) is 1. The van der Waals surface area contributed by atoms with Gasteiger partial charge in [0.05, 0.1) is 6.04 Å². The summed E-state index contributed by atoms with van der Waals surface area (Å²) in [5.41, 5.74) is 5.87. The normalized spacial score (nSPS) is 19.7. The van der Waals surface area contributed by atoms with Gasteiger partial charge in [0.25, 0.3) is 0 Å². The largest absolute Gasteiger partial charge is 0.339 e. The quantitative estimate of drug-likeness (QED) is 0.778. The lowest BCUT2D eigenvalue weighted by atomic mass is 10.1. The van der Waals surface area contributed by atoms with E-state index in [1.165, 1.54) is 0 Å². The van der Waals surface area contributed by atoms with Gasteiger partial charge in [0.2, 0.25) is 5.91 Å². The van der Waals surface area contributed by atoms with Crippen molar-refractivity contribution >= 4 is 5.91 Å². The van der Waals surface area contributed by atoms with E-state index in [0.29, 0.717) is 5.92 Å². The summed E-state index contributed by atoms with van der Waals surface area (Å²) in [6.45, 7) is 11.3. The lowest BCUT2D eigenvalue weighted by Crippen LogP contribution is -2.53. The third-order valence-electron chi connectivity index (χ3n) is 3.22. The Kier molecular flexibility index (Phi) is 5.92. The van der Waals surface area contributed by atoms with E-state index in [0.717, 1.165) is 45.6 Å². The van der Waals surface area contributed by atoms with Crippen LogP contribution in [0.5, 0.6) is 0 Å². The molecule has 4 nitrogen and oxygen atoms in total. The Labute approximate surface area is 105 Å². The molecule has 0 spiro atoms. The van der Waals surface area contributed by atoms with Gasteiger partial charge in [0.1, 0.15) is 0 Å². The van der Waals surface area contributed by atoms with Crippen LogP contribution in [0.25, 0.3) is 0 Å². The fraction of sp³-hybridized carbons (Fsp3) is 0.923. The predicted molar refractivity (Wildman–Crippen MR) is 70.7 cm³/mol. The van der Waals surface area contributed by atoms with E-state index in [1.54, 1.807) is 0 Å². The summed E-state index contributed by atoms with van der Waals surface area (Å²) in [4.78, 5) is 16.4. The van der Waals surface area contributed by atoms with Crippen LogP contribution < -0.4 is 5.73 Å². The van der Waals surface area contributed by atoms with Crippen molar-refractivity contribution in [3.63, 3.8) is 0 Å². The molecule has 0 aromatic rings. The Morgan fingerprint density at radius 1 is 1.24 bits per heavy atom. The molecule has 1 rings (SSSR count). The topological polar surface area (TPSA) is 49.6 Å². The molecule has 0 aliphatic carbocycles. The Morgan fingerprint density at radius 3 is 2.29 bits per heavy atom. The summed E-state index contributed by atoms with van der Waals surface area (Å²) in [5, 5.41) is 0. The van der Waals surface area contributed by atoms with Crippen molar-refractivity contribution in [3.05, 3.63) is 0 Å². The van der Waals surface area contributed by atoms with E-state index in [4.69, 9.17) is 5.73 Å². The fourth-order valence-electron chi connectivity index (χ4n) is 2.34. The van der Waals surface area contributed by atoms with Crippen LogP contribution in [0.2, 0.25) is 0 Å². The Bertz CT molecular complexity index is 235. The molecule has 0 unspecified atom stereocenters. The number of carbonyl (C=O) groups excluding carboxylic acids is 1. The first-order valence-corrected chi connectivity index (χ1v) is 6.81. The van der Waals surface area contributed by atoms with Crippen molar-refractivity contribution in [2.24, 2.45) is 11.7 Å². The molecule has 0 saturated carbocycles. The molecule has 0 radical (unpaired) electrons. The zero-order valence-electron chi connectivity index (χ0n) is 11.5. The lowest BCUT2D eigenvalue weighted by Gasteiger charge is -2.36. The standard InChI is InChI=1S/C13H27N3O/c1-4-5-12(14)13(17)16-8-6-15(7-9-16)10-11(2)3/h11-12H,4-10,14H2,1-3H3/t12-/m0/s1. The monoisotopic (exact) mass is 241 g/mol. The minimum Gasteiger partial charge on any atom is -0.339 e. The van der Waals surface area contributed by atoms with Gasteiger partial charge in [-0.2, -0.15) is 0 Å². The highest BCUT2D eigenvalue weighted by Gasteiger charge is 2.24. The molecule has 17 heavy (non-hydrogen) atoms. The minimum atomic E-state index is -0.295. The molecule has 0 aromatic heterocycles. The highest BCUT2D eigenvalue weighted by atomic mass is 16.2. The molecular formula is C13H27N3O. The molecule has 1 fully saturated rings. The smallest absolute Gasteiger partial charge is 0.239 e. The van der Waals surface area contributed by atoms with Gasteiger partial charge in [-0.05, 0) is 12.3 Å². The van der Waals surface area contributed by atoms with Gasteiger partial charge in [0.15, 0.2) is 0 Å². The van der Waals surface area contributed by atoms with E-state index >= 15 is 0 Å². The first-order valence-electron chi connectivity index (χ1n) is 6.81. The molecular weight excluding hydrogens is 214 g/mol. The van der Waals surface area contributed by atoms with Crippen molar-refractivity contribution in [3.8, 4) is 0 Å². The number of carbonyl (C=O) groups is 1. The maximum atomic E-state index is 12.0. The van der Waals surface area contributed by atoms with E-state index in [1.807, 2.05) is 4.90 Å². The third kappa shape index (κ3) is 4.64. The second-order valence-electron chi connectivity index (χ2n) is 5.41. The Balaban J connectivity index is 2.33. The molecule has 1 amide bonds. The molecule has 1 aliphatic heterocycles.